The first-order valence-electron chi connectivity index (χ1n) is 7.93. The minimum absolute atomic E-state index is 0.0288. The van der Waals surface area contributed by atoms with Crippen LogP contribution in [0.5, 0.6) is 0 Å². The molecular formula is C18H20N2O3S. The number of carbonyl (C=O) groups is 2. The van der Waals surface area contributed by atoms with Crippen LogP contribution in [0, 0.1) is 5.41 Å². The van der Waals surface area contributed by atoms with Gasteiger partial charge in [-0.2, -0.15) is 0 Å². The van der Waals surface area contributed by atoms with Crippen molar-refractivity contribution in [3.8, 4) is 0 Å². The SMILES string of the molecule is CCOC(=O)c1csc(N(C)C(=O)[C@@]2(C)C[C@@H]2c2ccccc2)n1. The minimum Gasteiger partial charge on any atom is -0.461 e. The number of benzene rings is 1. The highest BCUT2D eigenvalue weighted by Crippen LogP contribution is 2.60. The van der Waals surface area contributed by atoms with E-state index in [0.717, 1.165) is 6.42 Å². The molecule has 3 rings (SSSR count). The van der Waals surface area contributed by atoms with Gasteiger partial charge in [0, 0.05) is 12.4 Å². The van der Waals surface area contributed by atoms with Crippen LogP contribution in [0.2, 0.25) is 0 Å². The van der Waals surface area contributed by atoms with E-state index in [-0.39, 0.29) is 17.5 Å². The van der Waals surface area contributed by atoms with Gasteiger partial charge < -0.3 is 4.74 Å². The van der Waals surface area contributed by atoms with Crippen LogP contribution < -0.4 is 4.90 Å². The highest BCUT2D eigenvalue weighted by Gasteiger charge is 2.57. The summed E-state index contributed by atoms with van der Waals surface area (Å²) in [6, 6.07) is 10.1. The molecule has 0 radical (unpaired) electrons. The first kappa shape index (κ1) is 16.6. The molecule has 1 aliphatic carbocycles. The molecule has 0 bridgehead atoms. The van der Waals surface area contributed by atoms with E-state index in [1.807, 2.05) is 25.1 Å². The van der Waals surface area contributed by atoms with Gasteiger partial charge in [-0.1, -0.05) is 37.3 Å². The molecule has 6 heteroatoms. The molecule has 1 aliphatic rings. The topological polar surface area (TPSA) is 59.5 Å². The van der Waals surface area contributed by atoms with E-state index in [1.54, 1.807) is 24.3 Å². The van der Waals surface area contributed by atoms with Crippen LogP contribution in [0.25, 0.3) is 0 Å². The molecule has 24 heavy (non-hydrogen) atoms. The first-order chi connectivity index (χ1) is 11.5. The maximum atomic E-state index is 12.9. The van der Waals surface area contributed by atoms with Gasteiger partial charge in [-0.15, -0.1) is 11.3 Å². The van der Waals surface area contributed by atoms with Gasteiger partial charge in [0.15, 0.2) is 10.8 Å². The number of amides is 1. The Hall–Kier alpha value is -2.21. The Morgan fingerprint density at radius 1 is 1.38 bits per heavy atom. The normalized spacial score (nSPS) is 22.0. The summed E-state index contributed by atoms with van der Waals surface area (Å²) in [7, 11) is 1.71. The van der Waals surface area contributed by atoms with Crippen molar-refractivity contribution in [1.29, 1.82) is 0 Å². The highest BCUT2D eigenvalue weighted by molar-refractivity contribution is 7.14. The molecule has 1 aromatic heterocycles. The summed E-state index contributed by atoms with van der Waals surface area (Å²) < 4.78 is 4.94. The van der Waals surface area contributed by atoms with Gasteiger partial charge in [-0.05, 0) is 24.8 Å². The van der Waals surface area contributed by atoms with Crippen LogP contribution in [-0.4, -0.2) is 30.5 Å². The number of hydrogen-bond donors (Lipinski definition) is 0. The maximum absolute atomic E-state index is 12.9. The second-order valence-corrected chi connectivity index (χ2v) is 7.02. The van der Waals surface area contributed by atoms with Crippen LogP contribution in [-0.2, 0) is 9.53 Å². The van der Waals surface area contributed by atoms with Crippen molar-refractivity contribution in [2.75, 3.05) is 18.6 Å². The van der Waals surface area contributed by atoms with E-state index in [4.69, 9.17) is 4.74 Å². The van der Waals surface area contributed by atoms with Crippen molar-refractivity contribution in [3.63, 3.8) is 0 Å². The fourth-order valence-corrected chi connectivity index (χ4v) is 3.72. The van der Waals surface area contributed by atoms with Gasteiger partial charge in [0.2, 0.25) is 5.91 Å². The Bertz CT molecular complexity index is 759. The lowest BCUT2D eigenvalue weighted by Gasteiger charge is -2.19. The number of aromatic nitrogens is 1. The molecule has 0 unspecified atom stereocenters. The first-order valence-corrected chi connectivity index (χ1v) is 8.81. The van der Waals surface area contributed by atoms with Crippen molar-refractivity contribution >= 4 is 28.3 Å². The molecule has 1 fully saturated rings. The molecule has 0 N–H and O–H groups in total. The predicted octanol–water partition coefficient (Wildman–Crippen LogP) is 3.48. The fraction of sp³-hybridized carbons (Fsp3) is 0.389. The van der Waals surface area contributed by atoms with E-state index < -0.39 is 11.4 Å². The summed E-state index contributed by atoms with van der Waals surface area (Å²) in [5.41, 5.74) is 1.02. The molecule has 5 nitrogen and oxygen atoms in total. The van der Waals surface area contributed by atoms with Gasteiger partial charge >= 0.3 is 5.97 Å². The molecule has 2 aromatic rings. The summed E-state index contributed by atoms with van der Waals surface area (Å²) in [4.78, 5) is 30.4. The van der Waals surface area contributed by atoms with Crippen LogP contribution in [0.15, 0.2) is 35.7 Å². The van der Waals surface area contributed by atoms with Crippen LogP contribution in [0.3, 0.4) is 0 Å². The number of carbonyl (C=O) groups excluding carboxylic acids is 2. The quantitative estimate of drug-likeness (QED) is 0.779. The van der Waals surface area contributed by atoms with E-state index in [2.05, 4.69) is 17.1 Å². The molecule has 0 spiro atoms. The predicted molar refractivity (Wildman–Crippen MR) is 93.4 cm³/mol. The van der Waals surface area contributed by atoms with Crippen LogP contribution in [0.1, 0.15) is 42.2 Å². The lowest BCUT2D eigenvalue weighted by Crippen LogP contribution is -2.33. The molecule has 1 saturated carbocycles. The zero-order valence-corrected chi connectivity index (χ0v) is 14.8. The Labute approximate surface area is 145 Å². The summed E-state index contributed by atoms with van der Waals surface area (Å²) in [6.07, 6.45) is 0.830. The Balaban J connectivity index is 1.73. The minimum atomic E-state index is -0.458. The number of hydrogen-bond acceptors (Lipinski definition) is 5. The van der Waals surface area contributed by atoms with E-state index >= 15 is 0 Å². The summed E-state index contributed by atoms with van der Waals surface area (Å²) >= 11 is 1.27. The fourth-order valence-electron chi connectivity index (χ4n) is 2.96. The number of anilines is 1. The summed E-state index contributed by atoms with van der Waals surface area (Å²) in [5, 5.41) is 2.14. The van der Waals surface area contributed by atoms with Gasteiger partial charge in [0.1, 0.15) is 0 Å². The molecule has 1 amide bonds. The standard InChI is InChI=1S/C18H20N2O3S/c1-4-23-15(21)14-11-24-17(19-14)20(3)16(22)18(2)10-13(18)12-8-6-5-7-9-12/h5-9,11,13H,4,10H2,1-3H3/t13-,18+/m1/s1. The summed E-state index contributed by atoms with van der Waals surface area (Å²) in [5.74, 6) is -0.195. The average molecular weight is 344 g/mol. The molecule has 2 atom stereocenters. The summed E-state index contributed by atoms with van der Waals surface area (Å²) in [6.45, 7) is 4.04. The van der Waals surface area contributed by atoms with Gasteiger partial charge in [-0.3, -0.25) is 9.69 Å². The maximum Gasteiger partial charge on any atom is 0.357 e. The van der Waals surface area contributed by atoms with Crippen molar-refractivity contribution in [1.82, 2.24) is 4.98 Å². The zero-order chi connectivity index (χ0) is 17.3. The van der Waals surface area contributed by atoms with Crippen molar-refractivity contribution in [2.45, 2.75) is 26.2 Å². The number of nitrogens with zero attached hydrogens (tertiary/aromatic N) is 2. The Morgan fingerprint density at radius 3 is 2.75 bits per heavy atom. The molecule has 1 heterocycles. The zero-order valence-electron chi connectivity index (χ0n) is 14.0. The number of esters is 1. The highest BCUT2D eigenvalue weighted by atomic mass is 32.1. The molecule has 0 aliphatic heterocycles. The van der Waals surface area contributed by atoms with Crippen LogP contribution >= 0.6 is 11.3 Å². The van der Waals surface area contributed by atoms with Crippen molar-refractivity contribution in [3.05, 3.63) is 47.0 Å². The van der Waals surface area contributed by atoms with Crippen molar-refractivity contribution in [2.24, 2.45) is 5.41 Å². The molecule has 1 aromatic carbocycles. The monoisotopic (exact) mass is 344 g/mol. The molecule has 0 saturated heterocycles. The van der Waals surface area contributed by atoms with E-state index in [9.17, 15) is 9.59 Å². The second-order valence-electron chi connectivity index (χ2n) is 6.18. The van der Waals surface area contributed by atoms with Gasteiger partial charge in [-0.25, -0.2) is 9.78 Å². The third-order valence-corrected chi connectivity index (χ3v) is 5.41. The number of ether oxygens (including phenoxy) is 1. The lowest BCUT2D eigenvalue weighted by atomic mass is 10.00. The third kappa shape index (κ3) is 2.94. The smallest absolute Gasteiger partial charge is 0.357 e. The Morgan fingerprint density at radius 2 is 2.08 bits per heavy atom. The average Bonchev–Trinajstić information content (AvgIpc) is 3.07. The van der Waals surface area contributed by atoms with Crippen molar-refractivity contribution < 1.29 is 14.3 Å². The van der Waals surface area contributed by atoms with Gasteiger partial charge in [0.05, 0.1) is 12.0 Å². The van der Waals surface area contributed by atoms with E-state index in [0.29, 0.717) is 11.7 Å². The Kier molecular flexibility index (Phi) is 4.41. The van der Waals surface area contributed by atoms with E-state index in [1.165, 1.54) is 16.9 Å². The number of rotatable bonds is 5. The second kappa shape index (κ2) is 6.36. The van der Waals surface area contributed by atoms with Crippen LogP contribution in [0.4, 0.5) is 5.13 Å². The van der Waals surface area contributed by atoms with Gasteiger partial charge in [0.25, 0.3) is 0 Å². The molecule has 126 valence electrons. The lowest BCUT2D eigenvalue weighted by molar-refractivity contribution is -0.123. The third-order valence-electron chi connectivity index (χ3n) is 4.50. The molecular weight excluding hydrogens is 324 g/mol. The number of thiazole rings is 1. The largest absolute Gasteiger partial charge is 0.461 e.